The molecule has 1 rings (SSSR count). The molecule has 1 heterocycles. The molecular weight excluding hydrogens is 164 g/mol. The summed E-state index contributed by atoms with van der Waals surface area (Å²) in [6, 6.07) is 1.66. The Morgan fingerprint density at radius 2 is 2.38 bits per heavy atom. The van der Waals surface area contributed by atoms with Gasteiger partial charge in [0.15, 0.2) is 0 Å². The second-order valence-electron chi connectivity index (χ2n) is 2.94. The Hall–Kier alpha value is -1.35. The summed E-state index contributed by atoms with van der Waals surface area (Å²) in [7, 11) is 1.60. The maximum Gasteiger partial charge on any atom is 0.142 e. The van der Waals surface area contributed by atoms with Crippen molar-refractivity contribution in [1.29, 1.82) is 0 Å². The van der Waals surface area contributed by atoms with Crippen LogP contribution in [0, 0.1) is 0 Å². The zero-order valence-corrected chi connectivity index (χ0v) is 7.95. The van der Waals surface area contributed by atoms with E-state index in [0.29, 0.717) is 5.75 Å². The van der Waals surface area contributed by atoms with Crippen LogP contribution in [-0.4, -0.2) is 12.1 Å². The fraction of sp³-hybridized carbons (Fsp3) is 0.300. The SMILES string of the molecule is C=C(C)C(N)c1ccncc1OC. The Morgan fingerprint density at radius 3 is 2.92 bits per heavy atom. The third-order valence-corrected chi connectivity index (χ3v) is 1.90. The number of methoxy groups -OCH3 is 1. The highest BCUT2D eigenvalue weighted by Gasteiger charge is 2.11. The number of hydrogen-bond acceptors (Lipinski definition) is 3. The van der Waals surface area contributed by atoms with Crippen molar-refractivity contribution < 1.29 is 4.74 Å². The molecule has 1 aromatic rings. The minimum Gasteiger partial charge on any atom is -0.495 e. The summed E-state index contributed by atoms with van der Waals surface area (Å²) in [5.41, 5.74) is 7.74. The lowest BCUT2D eigenvalue weighted by atomic mass is 10.0. The summed E-state index contributed by atoms with van der Waals surface area (Å²) in [4.78, 5) is 3.95. The lowest BCUT2D eigenvalue weighted by Gasteiger charge is -2.14. The predicted octanol–water partition coefficient (Wildman–Crippen LogP) is 1.67. The largest absolute Gasteiger partial charge is 0.495 e. The van der Waals surface area contributed by atoms with Crippen LogP contribution in [-0.2, 0) is 0 Å². The molecule has 3 heteroatoms. The van der Waals surface area contributed by atoms with E-state index in [0.717, 1.165) is 11.1 Å². The molecule has 1 unspecified atom stereocenters. The monoisotopic (exact) mass is 178 g/mol. The standard InChI is InChI=1S/C10H14N2O/c1-7(2)10(11)8-4-5-12-6-9(8)13-3/h4-6,10H,1,11H2,2-3H3. The van der Waals surface area contributed by atoms with Gasteiger partial charge in [0.25, 0.3) is 0 Å². The maximum atomic E-state index is 5.91. The Bertz CT molecular complexity index is 310. The Labute approximate surface area is 78.2 Å². The van der Waals surface area contributed by atoms with Gasteiger partial charge in [0.05, 0.1) is 19.3 Å². The number of aromatic nitrogens is 1. The van der Waals surface area contributed by atoms with Crippen molar-refractivity contribution >= 4 is 0 Å². The Kier molecular flexibility index (Phi) is 3.03. The van der Waals surface area contributed by atoms with E-state index in [4.69, 9.17) is 10.5 Å². The van der Waals surface area contributed by atoms with Crippen molar-refractivity contribution in [3.05, 3.63) is 36.2 Å². The van der Waals surface area contributed by atoms with Crippen LogP contribution in [0.3, 0.4) is 0 Å². The van der Waals surface area contributed by atoms with Gasteiger partial charge in [-0.2, -0.15) is 0 Å². The van der Waals surface area contributed by atoms with E-state index in [1.54, 1.807) is 19.5 Å². The predicted molar refractivity (Wildman–Crippen MR) is 52.5 cm³/mol. The molecule has 0 saturated heterocycles. The zero-order chi connectivity index (χ0) is 9.84. The zero-order valence-electron chi connectivity index (χ0n) is 7.95. The van der Waals surface area contributed by atoms with Gasteiger partial charge in [-0.05, 0) is 13.0 Å². The van der Waals surface area contributed by atoms with Gasteiger partial charge in [-0.1, -0.05) is 12.2 Å². The van der Waals surface area contributed by atoms with Crippen LogP contribution in [0.4, 0.5) is 0 Å². The van der Waals surface area contributed by atoms with Gasteiger partial charge in [0, 0.05) is 11.8 Å². The number of nitrogens with two attached hydrogens (primary N) is 1. The van der Waals surface area contributed by atoms with Gasteiger partial charge in [0.2, 0.25) is 0 Å². The molecule has 0 radical (unpaired) electrons. The van der Waals surface area contributed by atoms with Gasteiger partial charge in [-0.25, -0.2) is 0 Å². The van der Waals surface area contributed by atoms with E-state index in [1.165, 1.54) is 0 Å². The van der Waals surface area contributed by atoms with Crippen molar-refractivity contribution in [3.63, 3.8) is 0 Å². The molecule has 0 aromatic carbocycles. The Morgan fingerprint density at radius 1 is 1.69 bits per heavy atom. The topological polar surface area (TPSA) is 48.1 Å². The van der Waals surface area contributed by atoms with Crippen LogP contribution in [0.25, 0.3) is 0 Å². The van der Waals surface area contributed by atoms with E-state index in [1.807, 2.05) is 13.0 Å². The van der Waals surface area contributed by atoms with Crippen LogP contribution in [0.1, 0.15) is 18.5 Å². The molecule has 0 spiro atoms. The molecule has 13 heavy (non-hydrogen) atoms. The molecule has 1 aromatic heterocycles. The van der Waals surface area contributed by atoms with Gasteiger partial charge in [-0.15, -0.1) is 0 Å². The first kappa shape index (κ1) is 9.74. The molecule has 0 bridgehead atoms. The third-order valence-electron chi connectivity index (χ3n) is 1.90. The quantitative estimate of drug-likeness (QED) is 0.716. The van der Waals surface area contributed by atoms with Crippen LogP contribution < -0.4 is 10.5 Å². The second-order valence-corrected chi connectivity index (χ2v) is 2.94. The Balaban J connectivity index is 3.05. The molecule has 3 nitrogen and oxygen atoms in total. The number of ether oxygens (including phenoxy) is 1. The van der Waals surface area contributed by atoms with Crippen molar-refractivity contribution in [2.75, 3.05) is 7.11 Å². The lowest BCUT2D eigenvalue weighted by molar-refractivity contribution is 0.405. The fourth-order valence-electron chi connectivity index (χ4n) is 1.08. The molecule has 0 aliphatic carbocycles. The van der Waals surface area contributed by atoms with E-state index >= 15 is 0 Å². The molecule has 0 saturated carbocycles. The summed E-state index contributed by atoms with van der Waals surface area (Å²) < 4.78 is 5.13. The average Bonchev–Trinajstić information content (AvgIpc) is 2.16. The van der Waals surface area contributed by atoms with Gasteiger partial charge >= 0.3 is 0 Å². The number of hydrogen-bond donors (Lipinski definition) is 1. The summed E-state index contributed by atoms with van der Waals surface area (Å²) in [6.07, 6.45) is 3.35. The van der Waals surface area contributed by atoms with Gasteiger partial charge < -0.3 is 10.5 Å². The van der Waals surface area contributed by atoms with Crippen molar-refractivity contribution in [2.45, 2.75) is 13.0 Å². The molecule has 0 amide bonds. The smallest absolute Gasteiger partial charge is 0.142 e. The van der Waals surface area contributed by atoms with Crippen LogP contribution >= 0.6 is 0 Å². The van der Waals surface area contributed by atoms with E-state index in [-0.39, 0.29) is 6.04 Å². The first-order chi connectivity index (χ1) is 6.16. The van der Waals surface area contributed by atoms with Crippen molar-refractivity contribution in [3.8, 4) is 5.75 Å². The first-order valence-corrected chi connectivity index (χ1v) is 4.05. The van der Waals surface area contributed by atoms with Gasteiger partial charge in [-0.3, -0.25) is 4.98 Å². The van der Waals surface area contributed by atoms with Crippen molar-refractivity contribution in [2.24, 2.45) is 5.73 Å². The summed E-state index contributed by atoms with van der Waals surface area (Å²) in [5.74, 6) is 0.706. The minimum atomic E-state index is -0.182. The van der Waals surface area contributed by atoms with Gasteiger partial charge in [0.1, 0.15) is 5.75 Å². The highest BCUT2D eigenvalue weighted by molar-refractivity contribution is 5.36. The highest BCUT2D eigenvalue weighted by atomic mass is 16.5. The molecular formula is C10H14N2O. The number of nitrogens with zero attached hydrogens (tertiary/aromatic N) is 1. The molecule has 70 valence electrons. The normalized spacial score (nSPS) is 12.2. The van der Waals surface area contributed by atoms with E-state index in [2.05, 4.69) is 11.6 Å². The second kappa shape index (κ2) is 4.05. The molecule has 0 aliphatic heterocycles. The highest BCUT2D eigenvalue weighted by Crippen LogP contribution is 2.25. The molecule has 0 fully saturated rings. The first-order valence-electron chi connectivity index (χ1n) is 4.05. The number of pyridine rings is 1. The van der Waals surface area contributed by atoms with E-state index in [9.17, 15) is 0 Å². The van der Waals surface area contributed by atoms with Crippen LogP contribution in [0.15, 0.2) is 30.6 Å². The summed E-state index contributed by atoms with van der Waals surface area (Å²) in [6.45, 7) is 5.70. The van der Waals surface area contributed by atoms with Crippen LogP contribution in [0.2, 0.25) is 0 Å². The molecule has 1 atom stereocenters. The third kappa shape index (κ3) is 2.06. The van der Waals surface area contributed by atoms with Crippen molar-refractivity contribution in [1.82, 2.24) is 4.98 Å². The average molecular weight is 178 g/mol. The summed E-state index contributed by atoms with van der Waals surface area (Å²) in [5, 5.41) is 0. The number of rotatable bonds is 3. The summed E-state index contributed by atoms with van der Waals surface area (Å²) >= 11 is 0. The van der Waals surface area contributed by atoms with Crippen LogP contribution in [0.5, 0.6) is 5.75 Å². The lowest BCUT2D eigenvalue weighted by Crippen LogP contribution is -2.12. The van der Waals surface area contributed by atoms with E-state index < -0.39 is 0 Å². The maximum absolute atomic E-state index is 5.91. The minimum absolute atomic E-state index is 0.182. The fourth-order valence-corrected chi connectivity index (χ4v) is 1.08. The molecule has 2 N–H and O–H groups in total. The molecule has 0 aliphatic rings.